The van der Waals surface area contributed by atoms with E-state index in [9.17, 15) is 13.6 Å². The third-order valence-corrected chi connectivity index (χ3v) is 1.65. The van der Waals surface area contributed by atoms with Crippen molar-refractivity contribution >= 4 is 22.5 Å². The van der Waals surface area contributed by atoms with Crippen LogP contribution in [-0.4, -0.2) is 10.2 Å². The molecule has 2 N–H and O–H groups in total. The van der Waals surface area contributed by atoms with Crippen LogP contribution < -0.4 is 5.73 Å². The summed E-state index contributed by atoms with van der Waals surface area (Å²) in [5.41, 5.74) is 4.06. The lowest BCUT2D eigenvalue weighted by Crippen LogP contribution is -2.04. The van der Waals surface area contributed by atoms with Gasteiger partial charge in [0.15, 0.2) is 0 Å². The number of carbonyl (C=O) groups excluding carboxylic acids is 1. The molecule has 1 rings (SSSR count). The number of rotatable bonds is 2. The van der Waals surface area contributed by atoms with Crippen LogP contribution in [0.25, 0.3) is 0 Å². The van der Waals surface area contributed by atoms with E-state index in [4.69, 9.17) is 17.3 Å². The maximum atomic E-state index is 12.3. The number of hydrogen-bond acceptors (Lipinski definition) is 3. The zero-order valence-corrected chi connectivity index (χ0v) is 7.05. The summed E-state index contributed by atoms with van der Waals surface area (Å²) < 4.78 is 24.7. The van der Waals surface area contributed by atoms with Gasteiger partial charge in [0.2, 0.25) is 0 Å². The van der Waals surface area contributed by atoms with Crippen molar-refractivity contribution in [2.75, 3.05) is 5.73 Å². The van der Waals surface area contributed by atoms with Gasteiger partial charge in [-0.2, -0.15) is 0 Å². The molecule has 1 aromatic heterocycles. The molecule has 0 saturated carbocycles. The second-order valence-electron chi connectivity index (χ2n) is 2.26. The average molecular weight is 207 g/mol. The Morgan fingerprint density at radius 1 is 1.54 bits per heavy atom. The van der Waals surface area contributed by atoms with Gasteiger partial charge in [0.05, 0.1) is 23.0 Å². The normalized spacial score (nSPS) is 10.5. The molecule has 0 aliphatic carbocycles. The van der Waals surface area contributed by atoms with E-state index in [-0.39, 0.29) is 11.3 Å². The minimum absolute atomic E-state index is 0.235. The van der Waals surface area contributed by atoms with Crippen LogP contribution in [0.15, 0.2) is 12.4 Å². The van der Waals surface area contributed by atoms with Crippen LogP contribution >= 0.6 is 11.6 Å². The van der Waals surface area contributed by atoms with E-state index in [1.807, 2.05) is 0 Å². The molecular formula is C7H5ClF2N2O. The Hall–Kier alpha value is -1.23. The van der Waals surface area contributed by atoms with Crippen molar-refractivity contribution in [3.8, 4) is 0 Å². The van der Waals surface area contributed by atoms with Gasteiger partial charge in [0.1, 0.15) is 0 Å². The number of nitrogens with zero attached hydrogens (tertiary/aromatic N) is 1. The Balaban J connectivity index is 3.34. The van der Waals surface area contributed by atoms with Crippen molar-refractivity contribution < 1.29 is 13.6 Å². The highest BCUT2D eigenvalue weighted by Crippen LogP contribution is 2.28. The van der Waals surface area contributed by atoms with E-state index in [0.29, 0.717) is 0 Å². The van der Waals surface area contributed by atoms with Gasteiger partial charge in [-0.25, -0.2) is 8.78 Å². The molecule has 0 atom stereocenters. The molecule has 0 aromatic carbocycles. The number of anilines is 1. The zero-order chi connectivity index (χ0) is 10.0. The molecule has 0 unspecified atom stereocenters. The number of halogens is 3. The van der Waals surface area contributed by atoms with Gasteiger partial charge in [-0.05, 0) is 11.6 Å². The molecule has 0 aliphatic rings. The lowest BCUT2D eigenvalue weighted by Gasteiger charge is -2.06. The maximum Gasteiger partial charge on any atom is 0.266 e. The van der Waals surface area contributed by atoms with Crippen LogP contribution in [0.3, 0.4) is 0 Å². The van der Waals surface area contributed by atoms with Gasteiger partial charge in [-0.15, -0.1) is 0 Å². The molecule has 1 heterocycles. The van der Waals surface area contributed by atoms with Crippen LogP contribution in [0.1, 0.15) is 22.3 Å². The van der Waals surface area contributed by atoms with E-state index < -0.39 is 17.2 Å². The first-order valence-electron chi connectivity index (χ1n) is 3.25. The Bertz CT molecular complexity index is 343. The van der Waals surface area contributed by atoms with Gasteiger partial charge in [-0.3, -0.25) is 9.78 Å². The number of aromatic nitrogens is 1. The highest BCUT2D eigenvalue weighted by molar-refractivity contribution is 6.68. The monoisotopic (exact) mass is 206 g/mol. The predicted octanol–water partition coefficient (Wildman–Crippen LogP) is 1.98. The topological polar surface area (TPSA) is 56.0 Å². The molecular weight excluding hydrogens is 202 g/mol. The van der Waals surface area contributed by atoms with Crippen molar-refractivity contribution in [1.82, 2.24) is 4.98 Å². The van der Waals surface area contributed by atoms with Crippen LogP contribution in [-0.2, 0) is 0 Å². The molecule has 0 bridgehead atoms. The molecule has 3 nitrogen and oxygen atoms in total. The highest BCUT2D eigenvalue weighted by atomic mass is 35.5. The second-order valence-corrected chi connectivity index (χ2v) is 2.61. The highest BCUT2D eigenvalue weighted by Gasteiger charge is 2.20. The van der Waals surface area contributed by atoms with E-state index in [1.165, 1.54) is 0 Å². The first-order chi connectivity index (χ1) is 6.04. The van der Waals surface area contributed by atoms with E-state index >= 15 is 0 Å². The van der Waals surface area contributed by atoms with Crippen LogP contribution in [0.2, 0.25) is 0 Å². The number of alkyl halides is 2. The molecule has 0 aliphatic heterocycles. The number of carbonyl (C=O) groups is 1. The van der Waals surface area contributed by atoms with E-state index in [0.717, 1.165) is 12.4 Å². The molecule has 0 saturated heterocycles. The summed E-state index contributed by atoms with van der Waals surface area (Å²) in [5.74, 6) is 0. The minimum atomic E-state index is -2.83. The number of nitrogen functional groups attached to an aromatic ring is 1. The first-order valence-corrected chi connectivity index (χ1v) is 3.63. The minimum Gasteiger partial charge on any atom is -0.397 e. The van der Waals surface area contributed by atoms with E-state index in [2.05, 4.69) is 4.98 Å². The summed E-state index contributed by atoms with van der Waals surface area (Å²) in [6.45, 7) is 0. The SMILES string of the molecule is Nc1cncc(C(=O)Cl)c1C(F)F. The Morgan fingerprint density at radius 2 is 2.15 bits per heavy atom. The van der Waals surface area contributed by atoms with Crippen molar-refractivity contribution in [3.05, 3.63) is 23.5 Å². The molecule has 0 amide bonds. The first kappa shape index (κ1) is 9.85. The number of pyridine rings is 1. The zero-order valence-electron chi connectivity index (χ0n) is 6.30. The summed E-state index contributed by atoms with van der Waals surface area (Å²) in [5, 5.41) is -0.991. The Labute approximate surface area is 77.5 Å². The molecule has 1 aromatic rings. The fraction of sp³-hybridized carbons (Fsp3) is 0.143. The van der Waals surface area contributed by atoms with Crippen molar-refractivity contribution in [2.45, 2.75) is 6.43 Å². The summed E-state index contributed by atoms with van der Waals surface area (Å²) in [4.78, 5) is 14.1. The molecule has 0 fully saturated rings. The van der Waals surface area contributed by atoms with E-state index in [1.54, 1.807) is 0 Å². The van der Waals surface area contributed by atoms with Gasteiger partial charge in [-0.1, -0.05) is 0 Å². The average Bonchev–Trinajstić information content (AvgIpc) is 2.02. The van der Waals surface area contributed by atoms with Crippen LogP contribution in [0.5, 0.6) is 0 Å². The molecule has 13 heavy (non-hydrogen) atoms. The van der Waals surface area contributed by atoms with Gasteiger partial charge in [0.25, 0.3) is 11.7 Å². The summed E-state index contributed by atoms with van der Waals surface area (Å²) >= 11 is 5.06. The Morgan fingerprint density at radius 3 is 2.54 bits per heavy atom. The van der Waals surface area contributed by atoms with Gasteiger partial charge >= 0.3 is 0 Å². The lowest BCUT2D eigenvalue weighted by atomic mass is 10.1. The molecule has 6 heteroatoms. The summed E-state index contributed by atoms with van der Waals surface area (Å²) in [6.07, 6.45) is -0.821. The second kappa shape index (κ2) is 3.66. The smallest absolute Gasteiger partial charge is 0.266 e. The summed E-state index contributed by atoms with van der Waals surface area (Å²) in [6, 6.07) is 0. The van der Waals surface area contributed by atoms with Crippen LogP contribution in [0, 0.1) is 0 Å². The fourth-order valence-corrected chi connectivity index (χ4v) is 1.04. The quantitative estimate of drug-likeness (QED) is 0.753. The lowest BCUT2D eigenvalue weighted by molar-refractivity contribution is 0.106. The third-order valence-electron chi connectivity index (χ3n) is 1.45. The van der Waals surface area contributed by atoms with Gasteiger partial charge in [0, 0.05) is 6.20 Å². The molecule has 0 spiro atoms. The number of hydrogen-bond donors (Lipinski definition) is 1. The molecule has 0 radical (unpaired) electrons. The van der Waals surface area contributed by atoms with Crippen molar-refractivity contribution in [3.63, 3.8) is 0 Å². The standard InChI is InChI=1S/C7H5ClF2N2O/c8-6(13)3-1-12-2-4(11)5(3)7(9)10/h1-2,7H,11H2. The fourth-order valence-electron chi connectivity index (χ4n) is 0.887. The van der Waals surface area contributed by atoms with Crippen molar-refractivity contribution in [2.24, 2.45) is 0 Å². The van der Waals surface area contributed by atoms with Crippen molar-refractivity contribution in [1.29, 1.82) is 0 Å². The van der Waals surface area contributed by atoms with Crippen LogP contribution in [0.4, 0.5) is 14.5 Å². The maximum absolute atomic E-state index is 12.3. The number of nitrogens with two attached hydrogens (primary N) is 1. The largest absolute Gasteiger partial charge is 0.397 e. The van der Waals surface area contributed by atoms with Gasteiger partial charge < -0.3 is 5.73 Å². The molecule has 70 valence electrons. The third kappa shape index (κ3) is 1.92. The Kier molecular flexibility index (Phi) is 2.77. The summed E-state index contributed by atoms with van der Waals surface area (Å²) in [7, 11) is 0. The predicted molar refractivity (Wildman–Crippen MR) is 43.8 cm³/mol.